The number of imidazole rings is 1. The molecule has 0 saturated carbocycles. The van der Waals surface area contributed by atoms with E-state index < -0.39 is 0 Å². The van der Waals surface area contributed by atoms with Crippen molar-refractivity contribution in [3.8, 4) is 28.2 Å². The highest BCUT2D eigenvalue weighted by Crippen LogP contribution is 2.33. The van der Waals surface area contributed by atoms with Crippen molar-refractivity contribution in [2.24, 2.45) is 0 Å². The Morgan fingerprint density at radius 1 is 0.875 bits per heavy atom. The normalized spacial score (nSPS) is 11.6. The van der Waals surface area contributed by atoms with Crippen LogP contribution in [0.4, 0.5) is 0 Å². The van der Waals surface area contributed by atoms with Crippen molar-refractivity contribution in [3.63, 3.8) is 0 Å². The fourth-order valence-corrected chi connectivity index (χ4v) is 5.42. The highest BCUT2D eigenvalue weighted by atomic mass is 15.5. The van der Waals surface area contributed by atoms with Gasteiger partial charge in [0.05, 0.1) is 23.9 Å². The van der Waals surface area contributed by atoms with Gasteiger partial charge in [-0.3, -0.25) is 0 Å². The van der Waals surface area contributed by atoms with Crippen molar-refractivity contribution < 1.29 is 0 Å². The minimum absolute atomic E-state index is 0.616. The lowest BCUT2D eigenvalue weighted by molar-refractivity contribution is 0.745. The van der Waals surface area contributed by atoms with Gasteiger partial charge in [0.15, 0.2) is 11.5 Å². The Morgan fingerprint density at radius 2 is 1.73 bits per heavy atom. The number of H-pyrrole nitrogens is 1. The molecule has 0 radical (unpaired) electrons. The van der Waals surface area contributed by atoms with Gasteiger partial charge in [-0.1, -0.05) is 49.4 Å². The molecule has 9 nitrogen and oxygen atoms in total. The molecular formula is C31H27N9. The first-order chi connectivity index (χ1) is 19.6. The van der Waals surface area contributed by atoms with Crippen molar-refractivity contribution in [1.29, 1.82) is 0 Å². The molecule has 7 aromatic rings. The van der Waals surface area contributed by atoms with Gasteiger partial charge in [-0.05, 0) is 76.9 Å². The first kappa shape index (κ1) is 23.9. The zero-order chi connectivity index (χ0) is 27.2. The minimum atomic E-state index is 0.616. The van der Waals surface area contributed by atoms with E-state index in [0.717, 1.165) is 67.9 Å². The van der Waals surface area contributed by atoms with Crippen LogP contribution in [0.5, 0.6) is 0 Å². The standard InChI is InChI=1S/C31H27N9/c1-4-28-34-29-19(2)15-20(3)33-31(29)39(28)18-21-9-11-22(12-10-21)26-16-24(13-14-25(26)30-35-37-38-36-30)40-27-8-6-5-7-23(27)17-32-40/h5-17H,4,18H2,1-3H3,(H,35,36,37,38). The number of rotatable bonds is 6. The van der Waals surface area contributed by atoms with Crippen molar-refractivity contribution in [3.05, 3.63) is 102 Å². The number of aryl methyl sites for hydroxylation is 3. The molecule has 0 unspecified atom stereocenters. The number of nitrogens with zero attached hydrogens (tertiary/aromatic N) is 8. The zero-order valence-corrected chi connectivity index (χ0v) is 22.5. The van der Waals surface area contributed by atoms with E-state index in [9.17, 15) is 0 Å². The molecular weight excluding hydrogens is 498 g/mol. The number of hydrogen-bond donors (Lipinski definition) is 1. The number of fused-ring (bicyclic) bond motifs is 2. The van der Waals surface area contributed by atoms with E-state index >= 15 is 0 Å². The largest absolute Gasteiger partial charge is 0.308 e. The number of para-hydroxylation sites is 1. The molecule has 40 heavy (non-hydrogen) atoms. The molecule has 196 valence electrons. The topological polar surface area (TPSA) is 103 Å². The van der Waals surface area contributed by atoms with E-state index in [4.69, 9.17) is 9.97 Å². The SMILES string of the molecule is CCc1nc2c(C)cc(C)nc2n1Cc1ccc(-c2cc(-n3ncc4ccccc43)ccc2-c2nnn[nH]2)cc1. The number of nitrogens with one attached hydrogen (secondary N) is 1. The van der Waals surface area contributed by atoms with Crippen LogP contribution in [0.2, 0.25) is 0 Å². The van der Waals surface area contributed by atoms with Crippen LogP contribution >= 0.6 is 0 Å². The molecule has 0 amide bonds. The summed E-state index contributed by atoms with van der Waals surface area (Å²) >= 11 is 0. The predicted octanol–water partition coefficient (Wildman–Crippen LogP) is 5.84. The lowest BCUT2D eigenvalue weighted by atomic mass is 9.97. The summed E-state index contributed by atoms with van der Waals surface area (Å²) in [7, 11) is 0. The molecule has 0 atom stereocenters. The molecule has 0 aliphatic rings. The van der Waals surface area contributed by atoms with Crippen LogP contribution in [0.15, 0.2) is 79.0 Å². The van der Waals surface area contributed by atoms with Gasteiger partial charge in [0.25, 0.3) is 0 Å². The number of benzene rings is 3. The Kier molecular flexibility index (Phi) is 5.70. The maximum Gasteiger partial charge on any atom is 0.180 e. The Hall–Kier alpha value is -5.18. The van der Waals surface area contributed by atoms with Gasteiger partial charge >= 0.3 is 0 Å². The van der Waals surface area contributed by atoms with E-state index in [1.54, 1.807) is 0 Å². The second-order valence-electron chi connectivity index (χ2n) is 10.0. The van der Waals surface area contributed by atoms with Crippen LogP contribution < -0.4 is 0 Å². The number of tetrazole rings is 1. The molecule has 1 N–H and O–H groups in total. The van der Waals surface area contributed by atoms with Gasteiger partial charge in [0, 0.05) is 23.1 Å². The summed E-state index contributed by atoms with van der Waals surface area (Å²) in [5, 5.41) is 20.5. The molecule has 0 spiro atoms. The fraction of sp³-hybridized carbons (Fsp3) is 0.161. The third kappa shape index (κ3) is 4.03. The molecule has 3 aromatic carbocycles. The third-order valence-electron chi connectivity index (χ3n) is 7.35. The van der Waals surface area contributed by atoms with Crippen LogP contribution in [-0.2, 0) is 13.0 Å². The highest BCUT2D eigenvalue weighted by molar-refractivity contribution is 5.84. The first-order valence-corrected chi connectivity index (χ1v) is 13.3. The Labute approximate surface area is 230 Å². The van der Waals surface area contributed by atoms with Crippen LogP contribution in [-0.4, -0.2) is 44.9 Å². The quantitative estimate of drug-likeness (QED) is 0.292. The van der Waals surface area contributed by atoms with Crippen LogP contribution in [0, 0.1) is 13.8 Å². The summed E-state index contributed by atoms with van der Waals surface area (Å²) in [4.78, 5) is 9.73. The van der Waals surface area contributed by atoms with E-state index in [-0.39, 0.29) is 0 Å². The molecule has 0 aliphatic carbocycles. The van der Waals surface area contributed by atoms with Crippen LogP contribution in [0.25, 0.3) is 50.3 Å². The second-order valence-corrected chi connectivity index (χ2v) is 10.0. The molecule has 0 bridgehead atoms. The third-order valence-corrected chi connectivity index (χ3v) is 7.35. The molecule has 0 fully saturated rings. The van der Waals surface area contributed by atoms with E-state index in [1.165, 1.54) is 5.56 Å². The lowest BCUT2D eigenvalue weighted by Gasteiger charge is -2.13. The van der Waals surface area contributed by atoms with Gasteiger partial charge in [0.1, 0.15) is 11.3 Å². The minimum Gasteiger partial charge on any atom is -0.308 e. The predicted molar refractivity (Wildman–Crippen MR) is 155 cm³/mol. The van der Waals surface area contributed by atoms with Crippen LogP contribution in [0.3, 0.4) is 0 Å². The number of hydrogen-bond acceptors (Lipinski definition) is 6. The van der Waals surface area contributed by atoms with Gasteiger partial charge in [-0.15, -0.1) is 5.10 Å². The summed E-state index contributed by atoms with van der Waals surface area (Å²) in [6, 6.07) is 25.2. The van der Waals surface area contributed by atoms with Crippen LogP contribution in [0.1, 0.15) is 29.6 Å². The molecule has 4 aromatic heterocycles. The molecule has 0 aliphatic heterocycles. The summed E-state index contributed by atoms with van der Waals surface area (Å²) in [5.74, 6) is 1.66. The first-order valence-electron chi connectivity index (χ1n) is 13.3. The van der Waals surface area contributed by atoms with Crippen molar-refractivity contribution >= 4 is 22.1 Å². The van der Waals surface area contributed by atoms with Gasteiger partial charge in [-0.25, -0.2) is 19.7 Å². The Balaban J connectivity index is 1.29. The highest BCUT2D eigenvalue weighted by Gasteiger charge is 2.16. The molecule has 4 heterocycles. The zero-order valence-electron chi connectivity index (χ0n) is 22.5. The average Bonchev–Trinajstić information content (AvgIpc) is 3.73. The smallest absolute Gasteiger partial charge is 0.180 e. The van der Waals surface area contributed by atoms with Crippen molar-refractivity contribution in [1.82, 2.24) is 44.9 Å². The fourth-order valence-electron chi connectivity index (χ4n) is 5.42. The number of aromatic nitrogens is 9. The van der Waals surface area contributed by atoms with Gasteiger partial charge in [-0.2, -0.15) is 5.10 Å². The summed E-state index contributed by atoms with van der Waals surface area (Å²) in [5.41, 5.74) is 10.3. The summed E-state index contributed by atoms with van der Waals surface area (Å²) in [6.07, 6.45) is 2.73. The summed E-state index contributed by atoms with van der Waals surface area (Å²) < 4.78 is 4.20. The molecule has 7 rings (SSSR count). The second kappa shape index (κ2) is 9.53. The monoisotopic (exact) mass is 525 g/mol. The maximum absolute atomic E-state index is 4.90. The lowest BCUT2D eigenvalue weighted by Crippen LogP contribution is -2.05. The maximum atomic E-state index is 4.90. The van der Waals surface area contributed by atoms with E-state index in [2.05, 4.69) is 92.7 Å². The Bertz CT molecular complexity index is 1980. The number of pyridine rings is 1. The van der Waals surface area contributed by atoms with Gasteiger partial charge < -0.3 is 4.57 Å². The van der Waals surface area contributed by atoms with E-state index in [0.29, 0.717) is 12.4 Å². The van der Waals surface area contributed by atoms with E-state index in [1.807, 2.05) is 42.1 Å². The van der Waals surface area contributed by atoms with Gasteiger partial charge in [0.2, 0.25) is 0 Å². The average molecular weight is 526 g/mol. The Morgan fingerprint density at radius 3 is 2.52 bits per heavy atom. The molecule has 0 saturated heterocycles. The van der Waals surface area contributed by atoms with Crippen molar-refractivity contribution in [2.45, 2.75) is 33.7 Å². The van der Waals surface area contributed by atoms with Crippen molar-refractivity contribution in [2.75, 3.05) is 0 Å². The number of aromatic amines is 1. The summed E-state index contributed by atoms with van der Waals surface area (Å²) in [6.45, 7) is 6.98. The molecule has 9 heteroatoms.